The maximum atomic E-state index is 13.1. The summed E-state index contributed by atoms with van der Waals surface area (Å²) in [5.74, 6) is 1.09. The first-order chi connectivity index (χ1) is 14.0. The Morgan fingerprint density at radius 1 is 1.07 bits per heavy atom. The maximum absolute atomic E-state index is 13.1. The highest BCUT2D eigenvalue weighted by molar-refractivity contribution is 9.10. The number of methoxy groups -OCH3 is 1. The molecule has 4 rings (SSSR count). The third-order valence-corrected chi connectivity index (χ3v) is 8.04. The topological polar surface area (TPSA) is 75.6 Å². The monoisotopic (exact) mass is 494 g/mol. The number of benzene rings is 1. The van der Waals surface area contributed by atoms with Crippen LogP contribution >= 0.6 is 27.3 Å². The zero-order valence-corrected chi connectivity index (χ0v) is 18.9. The molecule has 2 aromatic heterocycles. The van der Waals surface area contributed by atoms with Crippen LogP contribution in [0.4, 0.5) is 5.82 Å². The first-order valence-corrected chi connectivity index (χ1v) is 12.1. The van der Waals surface area contributed by atoms with Gasteiger partial charge in [-0.25, -0.2) is 8.42 Å². The predicted molar refractivity (Wildman–Crippen MR) is 117 cm³/mol. The van der Waals surface area contributed by atoms with Gasteiger partial charge in [-0.1, -0.05) is 22.0 Å². The number of sulfonamides is 1. The molecular formula is C19H19BrN4O3S2. The van der Waals surface area contributed by atoms with Crippen LogP contribution in [-0.4, -0.2) is 56.2 Å². The number of ether oxygens (including phenoxy) is 1. The van der Waals surface area contributed by atoms with Gasteiger partial charge < -0.3 is 9.64 Å². The minimum atomic E-state index is -3.65. The van der Waals surface area contributed by atoms with Gasteiger partial charge in [-0.2, -0.15) is 4.31 Å². The normalized spacial score (nSPS) is 15.4. The molecule has 3 heterocycles. The number of hydrogen-bond acceptors (Lipinski definition) is 7. The van der Waals surface area contributed by atoms with Crippen LogP contribution < -0.4 is 9.64 Å². The quantitative estimate of drug-likeness (QED) is 0.540. The Kier molecular flexibility index (Phi) is 5.86. The van der Waals surface area contributed by atoms with Crippen molar-refractivity contribution in [1.29, 1.82) is 0 Å². The molecule has 0 radical (unpaired) electrons. The Morgan fingerprint density at radius 2 is 1.86 bits per heavy atom. The number of aromatic nitrogens is 2. The van der Waals surface area contributed by atoms with E-state index in [1.807, 2.05) is 29.6 Å². The van der Waals surface area contributed by atoms with E-state index in [9.17, 15) is 8.42 Å². The van der Waals surface area contributed by atoms with Gasteiger partial charge in [0.05, 0.1) is 12.0 Å². The fraction of sp³-hybridized carbons (Fsp3) is 0.263. The number of anilines is 1. The average molecular weight is 495 g/mol. The van der Waals surface area contributed by atoms with Gasteiger partial charge in [0.25, 0.3) is 0 Å². The molecule has 0 N–H and O–H groups in total. The zero-order chi connectivity index (χ0) is 20.4. The highest BCUT2D eigenvalue weighted by Crippen LogP contribution is 2.30. The van der Waals surface area contributed by atoms with Gasteiger partial charge in [0.2, 0.25) is 10.0 Å². The molecule has 1 aliphatic heterocycles. The van der Waals surface area contributed by atoms with E-state index in [4.69, 9.17) is 4.74 Å². The van der Waals surface area contributed by atoms with E-state index in [-0.39, 0.29) is 4.90 Å². The third kappa shape index (κ3) is 4.16. The number of hydrogen-bond donors (Lipinski definition) is 0. The van der Waals surface area contributed by atoms with Crippen molar-refractivity contribution in [3.05, 3.63) is 52.3 Å². The molecule has 7 nitrogen and oxygen atoms in total. The molecule has 0 unspecified atom stereocenters. The van der Waals surface area contributed by atoms with Crippen molar-refractivity contribution in [2.45, 2.75) is 4.90 Å². The number of thiophene rings is 1. The Bertz CT molecular complexity index is 1080. The molecule has 3 aromatic rings. The first kappa shape index (κ1) is 20.3. The summed E-state index contributed by atoms with van der Waals surface area (Å²) in [6, 6.07) is 12.9. The molecule has 152 valence electrons. The minimum absolute atomic E-state index is 0.169. The summed E-state index contributed by atoms with van der Waals surface area (Å²) < 4.78 is 33.7. The average Bonchev–Trinajstić information content (AvgIpc) is 3.29. The number of nitrogens with zero attached hydrogens (tertiary/aromatic N) is 4. The smallest absolute Gasteiger partial charge is 0.246 e. The highest BCUT2D eigenvalue weighted by atomic mass is 79.9. The van der Waals surface area contributed by atoms with Crippen LogP contribution in [0.2, 0.25) is 0 Å². The molecule has 10 heteroatoms. The molecule has 0 spiro atoms. The van der Waals surface area contributed by atoms with Gasteiger partial charge in [0, 0.05) is 30.7 Å². The van der Waals surface area contributed by atoms with Crippen molar-refractivity contribution in [1.82, 2.24) is 14.5 Å². The molecule has 1 fully saturated rings. The SMILES string of the molecule is COc1ccc(Br)cc1S(=O)(=O)N1CCN(c2ccc(-c3cccs3)nn2)CC1. The standard InChI is InChI=1S/C19H19BrN4O3S2/c1-27-16-6-4-14(20)13-18(16)29(25,26)24-10-8-23(9-11-24)19-7-5-15(21-22-19)17-3-2-12-28-17/h2-7,12-13H,8-11H2,1H3. The van der Waals surface area contributed by atoms with E-state index in [1.54, 1.807) is 29.5 Å². The van der Waals surface area contributed by atoms with Gasteiger partial charge >= 0.3 is 0 Å². The van der Waals surface area contributed by atoms with Gasteiger partial charge in [-0.15, -0.1) is 21.5 Å². The summed E-state index contributed by atoms with van der Waals surface area (Å²) in [6.45, 7) is 1.82. The Hall–Kier alpha value is -2.01. The molecule has 29 heavy (non-hydrogen) atoms. The summed E-state index contributed by atoms with van der Waals surface area (Å²) in [5.41, 5.74) is 0.840. The van der Waals surface area contributed by atoms with E-state index in [2.05, 4.69) is 31.0 Å². The fourth-order valence-electron chi connectivity index (χ4n) is 3.20. The van der Waals surface area contributed by atoms with Crippen LogP contribution in [-0.2, 0) is 10.0 Å². The summed E-state index contributed by atoms with van der Waals surface area (Å²) in [6.07, 6.45) is 0. The van der Waals surface area contributed by atoms with Gasteiger partial charge in [-0.3, -0.25) is 0 Å². The Labute approximate surface area is 182 Å². The lowest BCUT2D eigenvalue weighted by molar-refractivity contribution is 0.373. The number of piperazine rings is 1. The molecule has 1 aromatic carbocycles. The lowest BCUT2D eigenvalue weighted by Crippen LogP contribution is -2.49. The predicted octanol–water partition coefficient (Wildman–Crippen LogP) is 3.49. The van der Waals surface area contributed by atoms with Crippen molar-refractivity contribution < 1.29 is 13.2 Å². The second kappa shape index (κ2) is 8.39. The Balaban J connectivity index is 1.47. The minimum Gasteiger partial charge on any atom is -0.495 e. The van der Waals surface area contributed by atoms with E-state index in [0.29, 0.717) is 36.4 Å². The van der Waals surface area contributed by atoms with Crippen molar-refractivity contribution in [3.8, 4) is 16.3 Å². The molecule has 0 aliphatic carbocycles. The summed E-state index contributed by atoms with van der Waals surface area (Å²) in [7, 11) is -2.18. The molecule has 0 saturated carbocycles. The van der Waals surface area contributed by atoms with E-state index >= 15 is 0 Å². The van der Waals surface area contributed by atoms with E-state index in [1.165, 1.54) is 11.4 Å². The van der Waals surface area contributed by atoms with Crippen molar-refractivity contribution in [2.75, 3.05) is 38.2 Å². The van der Waals surface area contributed by atoms with Crippen LogP contribution in [0.15, 0.2) is 57.2 Å². The second-order valence-corrected chi connectivity index (χ2v) is 10.2. The second-order valence-electron chi connectivity index (χ2n) is 6.44. The molecular weight excluding hydrogens is 476 g/mol. The summed E-state index contributed by atoms with van der Waals surface area (Å²) in [5, 5.41) is 10.6. The van der Waals surface area contributed by atoms with Crippen LogP contribution in [0, 0.1) is 0 Å². The molecule has 1 aliphatic rings. The van der Waals surface area contributed by atoms with Crippen molar-refractivity contribution >= 4 is 43.1 Å². The lowest BCUT2D eigenvalue weighted by Gasteiger charge is -2.34. The van der Waals surface area contributed by atoms with Gasteiger partial charge in [-0.05, 0) is 41.8 Å². The summed E-state index contributed by atoms with van der Waals surface area (Å²) in [4.78, 5) is 3.29. The van der Waals surface area contributed by atoms with Crippen LogP contribution in [0.5, 0.6) is 5.75 Å². The van der Waals surface area contributed by atoms with Gasteiger partial charge in [0.15, 0.2) is 5.82 Å². The third-order valence-electron chi connectivity index (χ3n) is 4.73. The van der Waals surface area contributed by atoms with Crippen molar-refractivity contribution in [3.63, 3.8) is 0 Å². The molecule has 0 amide bonds. The molecule has 0 bridgehead atoms. The fourth-order valence-corrected chi connectivity index (χ4v) is 6.01. The first-order valence-electron chi connectivity index (χ1n) is 8.95. The van der Waals surface area contributed by atoms with Gasteiger partial charge in [0.1, 0.15) is 16.3 Å². The molecule has 1 saturated heterocycles. The molecule has 0 atom stereocenters. The highest BCUT2D eigenvalue weighted by Gasteiger charge is 2.31. The van der Waals surface area contributed by atoms with Crippen LogP contribution in [0.1, 0.15) is 0 Å². The van der Waals surface area contributed by atoms with E-state index in [0.717, 1.165) is 16.4 Å². The number of rotatable bonds is 5. The maximum Gasteiger partial charge on any atom is 0.246 e. The Morgan fingerprint density at radius 3 is 2.48 bits per heavy atom. The largest absolute Gasteiger partial charge is 0.495 e. The zero-order valence-electron chi connectivity index (χ0n) is 15.7. The lowest BCUT2D eigenvalue weighted by atomic mass is 10.3. The van der Waals surface area contributed by atoms with E-state index < -0.39 is 10.0 Å². The van der Waals surface area contributed by atoms with Crippen LogP contribution in [0.3, 0.4) is 0 Å². The number of halogens is 1. The summed E-state index contributed by atoms with van der Waals surface area (Å²) >= 11 is 4.96. The van der Waals surface area contributed by atoms with Crippen LogP contribution in [0.25, 0.3) is 10.6 Å². The van der Waals surface area contributed by atoms with Crippen molar-refractivity contribution in [2.24, 2.45) is 0 Å².